The Morgan fingerprint density at radius 2 is 1.88 bits per heavy atom. The van der Waals surface area contributed by atoms with Crippen LogP contribution in [0.2, 0.25) is 0 Å². The topological polar surface area (TPSA) is 64.6 Å². The molecule has 0 saturated carbocycles. The molecule has 0 unspecified atom stereocenters. The van der Waals surface area contributed by atoms with Gasteiger partial charge in [-0.05, 0) is 12.1 Å². The number of sulfonamides is 1. The van der Waals surface area contributed by atoms with Gasteiger partial charge >= 0.3 is 0 Å². The van der Waals surface area contributed by atoms with E-state index in [1.807, 2.05) is 0 Å². The fraction of sp³-hybridized carbons (Fsp3) is 0.400. The van der Waals surface area contributed by atoms with Crippen LogP contribution in [0.5, 0.6) is 0 Å². The first-order valence-electron chi connectivity index (χ1n) is 4.59. The molecule has 1 N–H and O–H groups in total. The molecule has 0 bridgehead atoms. The molecule has 0 aromatic heterocycles. The lowest BCUT2D eigenvalue weighted by Gasteiger charge is -2.14. The lowest BCUT2D eigenvalue weighted by molar-refractivity contribution is -0.105. The second-order valence-corrected chi connectivity index (χ2v) is 5.05. The number of methoxy groups -OCH3 is 2. The molecule has 1 aromatic rings. The van der Waals surface area contributed by atoms with Crippen molar-refractivity contribution in [2.45, 2.75) is 6.29 Å². The van der Waals surface area contributed by atoms with Crippen LogP contribution >= 0.6 is 0 Å². The Morgan fingerprint density at radius 1 is 1.25 bits per heavy atom. The van der Waals surface area contributed by atoms with Gasteiger partial charge in [-0.2, -0.15) is 0 Å². The van der Waals surface area contributed by atoms with Crippen LogP contribution in [0.1, 0.15) is 11.9 Å². The highest BCUT2D eigenvalue weighted by molar-refractivity contribution is 7.92. The Kier molecular flexibility index (Phi) is 4.28. The molecule has 0 atom stereocenters. The monoisotopic (exact) mass is 245 g/mol. The molecule has 0 radical (unpaired) electrons. The minimum absolute atomic E-state index is 0.485. The lowest BCUT2D eigenvalue weighted by Crippen LogP contribution is -2.10. The van der Waals surface area contributed by atoms with Crippen LogP contribution in [-0.4, -0.2) is 28.9 Å². The fourth-order valence-corrected chi connectivity index (χ4v) is 1.89. The standard InChI is InChI=1S/C10H15NO4S/c1-14-10(15-2)8-5-4-6-9(7-8)11-16(3,12)13/h4-7,10-11H,1-3H3. The summed E-state index contributed by atoms with van der Waals surface area (Å²) in [6, 6.07) is 6.85. The first kappa shape index (κ1) is 13.0. The average Bonchev–Trinajstić information content (AvgIpc) is 2.17. The van der Waals surface area contributed by atoms with Crippen molar-refractivity contribution in [2.24, 2.45) is 0 Å². The third kappa shape index (κ3) is 3.80. The maximum Gasteiger partial charge on any atom is 0.229 e. The summed E-state index contributed by atoms with van der Waals surface area (Å²) in [4.78, 5) is 0. The maximum atomic E-state index is 11.0. The van der Waals surface area contributed by atoms with Crippen LogP contribution in [0, 0.1) is 0 Å². The van der Waals surface area contributed by atoms with Gasteiger partial charge in [0.1, 0.15) is 0 Å². The molecule has 0 spiro atoms. The van der Waals surface area contributed by atoms with Crippen LogP contribution in [-0.2, 0) is 19.5 Å². The summed E-state index contributed by atoms with van der Waals surface area (Å²) in [7, 11) is -0.227. The molecule has 16 heavy (non-hydrogen) atoms. The Balaban J connectivity index is 2.95. The predicted octanol–water partition coefficient (Wildman–Crippen LogP) is 1.35. The summed E-state index contributed by atoms with van der Waals surface area (Å²) in [6.07, 6.45) is 0.602. The van der Waals surface area contributed by atoms with E-state index in [2.05, 4.69) is 4.72 Å². The van der Waals surface area contributed by atoms with E-state index in [0.717, 1.165) is 11.8 Å². The molecule has 6 heteroatoms. The zero-order valence-electron chi connectivity index (χ0n) is 9.43. The average molecular weight is 245 g/mol. The number of anilines is 1. The summed E-state index contributed by atoms with van der Waals surface area (Å²) in [5.74, 6) is 0. The van der Waals surface area contributed by atoms with Gasteiger partial charge in [-0.25, -0.2) is 8.42 Å². The molecule has 0 amide bonds. The van der Waals surface area contributed by atoms with E-state index in [4.69, 9.17) is 9.47 Å². The highest BCUT2D eigenvalue weighted by atomic mass is 32.2. The van der Waals surface area contributed by atoms with Crippen molar-refractivity contribution in [3.05, 3.63) is 29.8 Å². The molecule has 1 rings (SSSR count). The molecule has 0 saturated heterocycles. The SMILES string of the molecule is COC(OC)c1cccc(NS(C)(=O)=O)c1. The predicted molar refractivity (Wildman–Crippen MR) is 61.7 cm³/mol. The van der Waals surface area contributed by atoms with E-state index < -0.39 is 16.3 Å². The molecule has 90 valence electrons. The van der Waals surface area contributed by atoms with Crippen LogP contribution < -0.4 is 4.72 Å². The second kappa shape index (κ2) is 5.29. The van der Waals surface area contributed by atoms with E-state index in [1.54, 1.807) is 24.3 Å². The van der Waals surface area contributed by atoms with E-state index in [-0.39, 0.29) is 0 Å². The maximum absolute atomic E-state index is 11.0. The quantitative estimate of drug-likeness (QED) is 0.795. The molecule has 0 aliphatic carbocycles. The molecule has 0 aliphatic heterocycles. The van der Waals surface area contributed by atoms with Crippen LogP contribution in [0.3, 0.4) is 0 Å². The number of hydrogen-bond donors (Lipinski definition) is 1. The minimum Gasteiger partial charge on any atom is -0.352 e. The minimum atomic E-state index is -3.26. The third-order valence-corrected chi connectivity index (χ3v) is 2.50. The highest BCUT2D eigenvalue weighted by Crippen LogP contribution is 2.21. The highest BCUT2D eigenvalue weighted by Gasteiger charge is 2.10. The summed E-state index contributed by atoms with van der Waals surface area (Å²) in [5, 5.41) is 0. The van der Waals surface area contributed by atoms with E-state index in [1.165, 1.54) is 14.2 Å². The van der Waals surface area contributed by atoms with Gasteiger partial charge in [-0.1, -0.05) is 12.1 Å². The Bertz CT molecular complexity index is 440. The van der Waals surface area contributed by atoms with Gasteiger partial charge in [0.05, 0.1) is 6.26 Å². The van der Waals surface area contributed by atoms with Crippen molar-refractivity contribution in [1.82, 2.24) is 0 Å². The molecule has 1 aromatic carbocycles. The number of benzene rings is 1. The molecular weight excluding hydrogens is 230 g/mol. The first-order valence-corrected chi connectivity index (χ1v) is 6.49. The van der Waals surface area contributed by atoms with E-state index in [0.29, 0.717) is 5.69 Å². The molecule has 0 heterocycles. The van der Waals surface area contributed by atoms with Crippen molar-refractivity contribution >= 4 is 15.7 Å². The van der Waals surface area contributed by atoms with Crippen LogP contribution in [0.4, 0.5) is 5.69 Å². The van der Waals surface area contributed by atoms with Gasteiger partial charge < -0.3 is 9.47 Å². The van der Waals surface area contributed by atoms with Gasteiger partial charge in [-0.15, -0.1) is 0 Å². The normalized spacial score (nSPS) is 11.8. The molecule has 5 nitrogen and oxygen atoms in total. The second-order valence-electron chi connectivity index (χ2n) is 3.30. The smallest absolute Gasteiger partial charge is 0.229 e. The van der Waals surface area contributed by atoms with Gasteiger partial charge in [0.15, 0.2) is 6.29 Å². The van der Waals surface area contributed by atoms with Gasteiger partial charge in [-0.3, -0.25) is 4.72 Å². The number of rotatable bonds is 5. The number of hydrogen-bond acceptors (Lipinski definition) is 4. The summed E-state index contributed by atoms with van der Waals surface area (Å²) in [5.41, 5.74) is 1.23. The summed E-state index contributed by atoms with van der Waals surface area (Å²) < 4.78 is 34.6. The molecular formula is C10H15NO4S. The van der Waals surface area contributed by atoms with Crippen molar-refractivity contribution < 1.29 is 17.9 Å². The Morgan fingerprint density at radius 3 is 2.38 bits per heavy atom. The van der Waals surface area contributed by atoms with Gasteiger partial charge in [0.2, 0.25) is 10.0 Å². The number of ether oxygens (including phenoxy) is 2. The Labute approximate surface area is 95.4 Å². The van der Waals surface area contributed by atoms with Crippen LogP contribution in [0.25, 0.3) is 0 Å². The third-order valence-electron chi connectivity index (χ3n) is 1.89. The van der Waals surface area contributed by atoms with Gasteiger partial charge in [0, 0.05) is 25.5 Å². The van der Waals surface area contributed by atoms with E-state index in [9.17, 15) is 8.42 Å². The summed E-state index contributed by atoms with van der Waals surface area (Å²) in [6.45, 7) is 0. The zero-order valence-corrected chi connectivity index (χ0v) is 10.2. The molecule has 0 aliphatic rings. The van der Waals surface area contributed by atoms with E-state index >= 15 is 0 Å². The van der Waals surface area contributed by atoms with Crippen molar-refractivity contribution in [3.8, 4) is 0 Å². The van der Waals surface area contributed by atoms with Crippen molar-refractivity contribution in [2.75, 3.05) is 25.2 Å². The first-order chi connectivity index (χ1) is 7.46. The number of nitrogens with one attached hydrogen (secondary N) is 1. The van der Waals surface area contributed by atoms with Crippen molar-refractivity contribution in [3.63, 3.8) is 0 Å². The lowest BCUT2D eigenvalue weighted by atomic mass is 10.2. The summed E-state index contributed by atoms with van der Waals surface area (Å²) >= 11 is 0. The fourth-order valence-electron chi connectivity index (χ4n) is 1.33. The Hall–Kier alpha value is -1.11. The van der Waals surface area contributed by atoms with Crippen molar-refractivity contribution in [1.29, 1.82) is 0 Å². The molecule has 0 fully saturated rings. The zero-order chi connectivity index (χ0) is 12.2. The van der Waals surface area contributed by atoms with Crippen LogP contribution in [0.15, 0.2) is 24.3 Å². The largest absolute Gasteiger partial charge is 0.352 e. The van der Waals surface area contributed by atoms with Gasteiger partial charge in [0.25, 0.3) is 0 Å².